The highest BCUT2D eigenvalue weighted by Gasteiger charge is 2.44. The second-order valence-corrected chi connectivity index (χ2v) is 23.4. The van der Waals surface area contributed by atoms with Gasteiger partial charge in [-0.15, -0.1) is 0 Å². The molecule has 0 unspecified atom stereocenters. The SMILES string of the molecule is C=C1C[C@H]2[C@@H](C1)c1cc(O[Si](C)(C)C(C)(C)C)ccc1O[C@H]2c1ccc(O[Si](C)(C)C(C)(C)C)cc1. The maximum absolute atomic E-state index is 6.71. The van der Waals surface area contributed by atoms with Gasteiger partial charge in [0, 0.05) is 11.5 Å². The van der Waals surface area contributed by atoms with Gasteiger partial charge in [0.1, 0.15) is 23.4 Å². The van der Waals surface area contributed by atoms with Crippen molar-refractivity contribution in [1.82, 2.24) is 0 Å². The molecule has 3 atom stereocenters. The van der Waals surface area contributed by atoms with Crippen LogP contribution in [-0.4, -0.2) is 16.6 Å². The summed E-state index contributed by atoms with van der Waals surface area (Å²) < 4.78 is 19.9. The molecule has 36 heavy (non-hydrogen) atoms. The van der Waals surface area contributed by atoms with Gasteiger partial charge in [-0.25, -0.2) is 0 Å². The third-order valence-corrected chi connectivity index (χ3v) is 17.9. The first kappa shape index (κ1) is 27.1. The lowest BCUT2D eigenvalue weighted by Gasteiger charge is -2.39. The van der Waals surface area contributed by atoms with E-state index in [4.69, 9.17) is 13.6 Å². The van der Waals surface area contributed by atoms with Gasteiger partial charge in [-0.3, -0.25) is 0 Å². The van der Waals surface area contributed by atoms with Crippen molar-refractivity contribution in [3.63, 3.8) is 0 Å². The first-order valence-corrected chi connectivity index (χ1v) is 19.3. The minimum atomic E-state index is -1.91. The van der Waals surface area contributed by atoms with Crippen LogP contribution in [-0.2, 0) is 0 Å². The van der Waals surface area contributed by atoms with Gasteiger partial charge in [0.25, 0.3) is 0 Å². The Morgan fingerprint density at radius 3 is 1.86 bits per heavy atom. The van der Waals surface area contributed by atoms with E-state index in [1.165, 1.54) is 16.7 Å². The van der Waals surface area contributed by atoms with Crippen molar-refractivity contribution in [3.8, 4) is 17.2 Å². The van der Waals surface area contributed by atoms with Gasteiger partial charge >= 0.3 is 0 Å². The minimum absolute atomic E-state index is 0.0239. The first-order valence-electron chi connectivity index (χ1n) is 13.4. The highest BCUT2D eigenvalue weighted by atomic mass is 28.4. The lowest BCUT2D eigenvalue weighted by atomic mass is 9.80. The Morgan fingerprint density at radius 1 is 0.778 bits per heavy atom. The van der Waals surface area contributed by atoms with Crippen LogP contribution in [0.2, 0.25) is 36.3 Å². The fourth-order valence-electron chi connectivity index (χ4n) is 4.83. The molecule has 0 saturated heterocycles. The molecule has 1 saturated carbocycles. The summed E-state index contributed by atoms with van der Waals surface area (Å²) in [6.07, 6.45) is 2.05. The molecule has 0 radical (unpaired) electrons. The highest BCUT2D eigenvalue weighted by molar-refractivity contribution is 6.75. The van der Waals surface area contributed by atoms with Gasteiger partial charge in [0.15, 0.2) is 0 Å². The lowest BCUT2D eigenvalue weighted by molar-refractivity contribution is 0.105. The zero-order valence-corrected chi connectivity index (χ0v) is 26.1. The summed E-state index contributed by atoms with van der Waals surface area (Å²) in [4.78, 5) is 0. The number of hydrogen-bond acceptors (Lipinski definition) is 3. The summed E-state index contributed by atoms with van der Waals surface area (Å²) in [5.41, 5.74) is 3.82. The molecule has 0 spiro atoms. The monoisotopic (exact) mass is 522 g/mol. The second kappa shape index (κ2) is 9.09. The molecule has 0 amide bonds. The number of benzene rings is 2. The fourth-order valence-corrected chi connectivity index (χ4v) is 6.88. The van der Waals surface area contributed by atoms with E-state index in [9.17, 15) is 0 Å². The Balaban J connectivity index is 1.60. The zero-order chi connectivity index (χ0) is 26.7. The number of hydrogen-bond donors (Lipinski definition) is 0. The van der Waals surface area contributed by atoms with E-state index in [-0.39, 0.29) is 16.2 Å². The Kier molecular flexibility index (Phi) is 6.83. The van der Waals surface area contributed by atoms with E-state index >= 15 is 0 Å². The van der Waals surface area contributed by atoms with Crippen LogP contribution >= 0.6 is 0 Å². The minimum Gasteiger partial charge on any atom is -0.544 e. The standard InChI is InChI=1S/C31H46O3Si2/c1-21-18-25-26-20-24(34-36(10,11)31(5,6)7)16-17-28(26)32-29(27(25)19-21)22-12-14-23(15-13-22)33-35(8,9)30(2,3)4/h12-17,20,25,27,29H,1,18-19H2,2-11H3/t25-,27-,29-/m0/s1. The summed E-state index contributed by atoms with van der Waals surface area (Å²) in [7, 11) is -3.77. The van der Waals surface area contributed by atoms with Gasteiger partial charge in [-0.05, 0) is 90.9 Å². The van der Waals surface area contributed by atoms with Crippen molar-refractivity contribution in [2.75, 3.05) is 0 Å². The van der Waals surface area contributed by atoms with Crippen molar-refractivity contribution < 1.29 is 13.6 Å². The smallest absolute Gasteiger partial charge is 0.250 e. The molecule has 1 aliphatic carbocycles. The normalized spacial score (nSPS) is 22.5. The van der Waals surface area contributed by atoms with Gasteiger partial charge in [0.05, 0.1) is 0 Å². The maximum Gasteiger partial charge on any atom is 0.250 e. The van der Waals surface area contributed by atoms with Crippen LogP contribution in [0.4, 0.5) is 0 Å². The number of allylic oxidation sites excluding steroid dienone is 1. The topological polar surface area (TPSA) is 27.7 Å². The fraction of sp³-hybridized carbons (Fsp3) is 0.548. The van der Waals surface area contributed by atoms with Crippen molar-refractivity contribution in [1.29, 1.82) is 0 Å². The van der Waals surface area contributed by atoms with Gasteiger partial charge in [0.2, 0.25) is 16.6 Å². The summed E-state index contributed by atoms with van der Waals surface area (Å²) in [5.74, 6) is 3.73. The molecule has 5 heteroatoms. The van der Waals surface area contributed by atoms with Gasteiger partial charge in [-0.2, -0.15) is 0 Å². The molecule has 0 bridgehead atoms. The molecular formula is C31H46O3Si2. The molecular weight excluding hydrogens is 477 g/mol. The second-order valence-electron chi connectivity index (χ2n) is 14.0. The Morgan fingerprint density at radius 2 is 1.31 bits per heavy atom. The molecule has 3 nitrogen and oxygen atoms in total. The zero-order valence-electron chi connectivity index (χ0n) is 24.1. The largest absolute Gasteiger partial charge is 0.544 e. The summed E-state index contributed by atoms with van der Waals surface area (Å²) >= 11 is 0. The quantitative estimate of drug-likeness (QED) is 0.289. The molecule has 4 rings (SSSR count). The predicted molar refractivity (Wildman–Crippen MR) is 157 cm³/mol. The van der Waals surface area contributed by atoms with Crippen molar-refractivity contribution in [2.24, 2.45) is 5.92 Å². The van der Waals surface area contributed by atoms with Crippen molar-refractivity contribution in [3.05, 3.63) is 65.7 Å². The van der Waals surface area contributed by atoms with Crippen LogP contribution in [0.1, 0.15) is 77.5 Å². The van der Waals surface area contributed by atoms with Crippen LogP contribution in [0.25, 0.3) is 0 Å². The van der Waals surface area contributed by atoms with Gasteiger partial charge < -0.3 is 13.6 Å². The first-order chi connectivity index (χ1) is 16.5. The van der Waals surface area contributed by atoms with Crippen LogP contribution in [0.5, 0.6) is 17.2 Å². The molecule has 0 aromatic heterocycles. The molecule has 1 fully saturated rings. The number of ether oxygens (including phenoxy) is 1. The predicted octanol–water partition coefficient (Wildman–Crippen LogP) is 9.64. The molecule has 1 aliphatic heterocycles. The van der Waals surface area contributed by atoms with Gasteiger partial charge in [-0.1, -0.05) is 65.8 Å². The number of rotatable bonds is 5. The lowest BCUT2D eigenvalue weighted by Crippen LogP contribution is -2.43. The summed E-state index contributed by atoms with van der Waals surface area (Å²) in [5, 5.41) is 0.335. The van der Waals surface area contributed by atoms with Crippen molar-refractivity contribution >= 4 is 16.6 Å². The van der Waals surface area contributed by atoms with Crippen LogP contribution < -0.4 is 13.6 Å². The van der Waals surface area contributed by atoms with Crippen LogP contribution in [0.15, 0.2) is 54.6 Å². The van der Waals surface area contributed by atoms with E-state index < -0.39 is 16.6 Å². The average Bonchev–Trinajstić information content (AvgIpc) is 3.13. The Labute approximate surface area is 221 Å². The van der Waals surface area contributed by atoms with Crippen molar-refractivity contribution in [2.45, 2.75) is 103 Å². The van der Waals surface area contributed by atoms with E-state index in [0.29, 0.717) is 11.8 Å². The molecule has 1 heterocycles. The van der Waals surface area contributed by atoms with Crippen LogP contribution in [0, 0.1) is 5.92 Å². The van der Waals surface area contributed by atoms with Crippen LogP contribution in [0.3, 0.4) is 0 Å². The molecule has 2 aromatic rings. The summed E-state index contributed by atoms with van der Waals surface area (Å²) in [6.45, 7) is 27.2. The number of fused-ring (bicyclic) bond motifs is 3. The maximum atomic E-state index is 6.71. The third kappa shape index (κ3) is 5.19. The van der Waals surface area contributed by atoms with E-state index in [2.05, 4.69) is 117 Å². The van der Waals surface area contributed by atoms with E-state index in [0.717, 1.165) is 30.1 Å². The average molecular weight is 523 g/mol. The molecule has 2 aliphatic rings. The summed E-state index contributed by atoms with van der Waals surface area (Å²) in [6, 6.07) is 15.1. The Hall–Kier alpha value is -1.99. The highest BCUT2D eigenvalue weighted by Crippen LogP contribution is 2.56. The van der Waals surface area contributed by atoms with E-state index in [1.807, 2.05) is 0 Å². The molecule has 196 valence electrons. The molecule has 0 N–H and O–H groups in total. The van der Waals surface area contributed by atoms with E-state index in [1.54, 1.807) is 0 Å². The third-order valence-electron chi connectivity index (χ3n) is 9.14. The Bertz CT molecular complexity index is 1120. The molecule has 2 aromatic carbocycles.